The Bertz CT molecular complexity index is 1190. The van der Waals surface area contributed by atoms with Gasteiger partial charge >= 0.3 is 11.9 Å². The van der Waals surface area contributed by atoms with E-state index in [0.29, 0.717) is 10.6 Å². The van der Waals surface area contributed by atoms with Crippen LogP contribution in [0.4, 0.5) is 15.8 Å². The predicted molar refractivity (Wildman–Crippen MR) is 129 cm³/mol. The smallest absolute Gasteiger partial charge is 0.324 e. The van der Waals surface area contributed by atoms with Crippen molar-refractivity contribution in [2.45, 2.75) is 24.3 Å². The molecule has 0 heterocycles. The lowest BCUT2D eigenvalue weighted by atomic mass is 10.0. The predicted octanol–water partition coefficient (Wildman–Crippen LogP) is 4.88. The molecule has 3 aromatic rings. The molecule has 0 spiro atoms. The van der Waals surface area contributed by atoms with Gasteiger partial charge in [-0.1, -0.05) is 30.2 Å². The summed E-state index contributed by atoms with van der Waals surface area (Å²) in [7, 11) is 0. The first-order valence-corrected chi connectivity index (χ1v) is 10.9. The molecule has 170 valence electrons. The Kier molecular flexibility index (Phi) is 7.80. The van der Waals surface area contributed by atoms with E-state index in [2.05, 4.69) is 5.92 Å². The lowest BCUT2D eigenvalue weighted by Crippen LogP contribution is -2.35. The van der Waals surface area contributed by atoms with Crippen LogP contribution in [0.3, 0.4) is 0 Å². The van der Waals surface area contributed by atoms with Gasteiger partial charge in [0.1, 0.15) is 12.4 Å². The topological polar surface area (TPSA) is 81.1 Å². The van der Waals surface area contributed by atoms with Crippen molar-refractivity contribution >= 4 is 46.0 Å². The highest BCUT2D eigenvalue weighted by Crippen LogP contribution is 2.39. The number of carboxylic acids is 2. The number of anilines is 2. The molecule has 0 bridgehead atoms. The molecule has 3 rings (SSSR count). The zero-order valence-corrected chi connectivity index (χ0v) is 18.8. The van der Waals surface area contributed by atoms with Crippen LogP contribution in [0.1, 0.15) is 13.3 Å². The molecular weight excluding hydrogens is 443 g/mol. The summed E-state index contributed by atoms with van der Waals surface area (Å²) in [4.78, 5) is 25.4. The number of carboxylic acid groups (broad SMARTS) is 2. The highest BCUT2D eigenvalue weighted by molar-refractivity contribution is 8.00. The zero-order valence-electron chi connectivity index (χ0n) is 17.9. The Hall–Kier alpha value is -3.70. The van der Waals surface area contributed by atoms with Crippen molar-refractivity contribution in [2.24, 2.45) is 0 Å². The van der Waals surface area contributed by atoms with E-state index < -0.39 is 11.9 Å². The summed E-state index contributed by atoms with van der Waals surface area (Å²) in [5, 5.41) is 20.4. The van der Waals surface area contributed by atoms with Gasteiger partial charge in [0.2, 0.25) is 0 Å². The lowest BCUT2D eigenvalue weighted by Gasteiger charge is -2.31. The van der Waals surface area contributed by atoms with Gasteiger partial charge in [-0.3, -0.25) is 9.59 Å². The first-order chi connectivity index (χ1) is 15.8. The van der Waals surface area contributed by atoms with Crippen LogP contribution in [0.25, 0.3) is 10.8 Å². The van der Waals surface area contributed by atoms with E-state index in [0.717, 1.165) is 16.5 Å². The van der Waals surface area contributed by atoms with Gasteiger partial charge in [-0.15, -0.1) is 6.42 Å². The van der Waals surface area contributed by atoms with Crippen LogP contribution in [-0.4, -0.2) is 41.3 Å². The second-order valence-corrected chi connectivity index (χ2v) is 8.50. The molecule has 0 aliphatic carbocycles. The SMILES string of the molecule is C#CCN(c1ccc(N(CC(=O)O)Sc2ccc(F)cc2)c2ccccc12)[C@@H](C)CC(=O)O. The number of hydrogen-bond donors (Lipinski definition) is 2. The number of aliphatic carboxylic acids is 2. The quantitative estimate of drug-likeness (QED) is 0.326. The number of hydrogen-bond acceptors (Lipinski definition) is 5. The molecule has 0 fully saturated rings. The molecule has 0 radical (unpaired) electrons. The van der Waals surface area contributed by atoms with Crippen LogP contribution in [0.2, 0.25) is 0 Å². The molecule has 8 heteroatoms. The van der Waals surface area contributed by atoms with Crippen LogP contribution in [0.5, 0.6) is 0 Å². The number of halogens is 1. The second-order valence-electron chi connectivity index (χ2n) is 7.40. The first-order valence-electron chi connectivity index (χ1n) is 10.2. The maximum atomic E-state index is 13.3. The molecule has 0 aliphatic heterocycles. The molecule has 1 atom stereocenters. The number of rotatable bonds is 10. The molecule has 0 aromatic heterocycles. The van der Waals surface area contributed by atoms with E-state index in [1.54, 1.807) is 29.4 Å². The Balaban J connectivity index is 2.09. The monoisotopic (exact) mass is 466 g/mol. The molecule has 2 N–H and O–H groups in total. The maximum Gasteiger partial charge on any atom is 0.324 e. The zero-order chi connectivity index (χ0) is 24.0. The van der Waals surface area contributed by atoms with Crippen molar-refractivity contribution in [2.75, 3.05) is 22.3 Å². The molecule has 0 unspecified atom stereocenters. The first kappa shape index (κ1) is 24.0. The van der Waals surface area contributed by atoms with Gasteiger partial charge in [0.25, 0.3) is 0 Å². The van der Waals surface area contributed by atoms with Gasteiger partial charge in [0.05, 0.1) is 18.7 Å². The Morgan fingerprint density at radius 3 is 2.18 bits per heavy atom. The van der Waals surface area contributed by atoms with Crippen molar-refractivity contribution in [1.82, 2.24) is 0 Å². The van der Waals surface area contributed by atoms with Crippen LogP contribution >= 0.6 is 11.9 Å². The highest BCUT2D eigenvalue weighted by atomic mass is 32.2. The fourth-order valence-corrected chi connectivity index (χ4v) is 4.53. The summed E-state index contributed by atoms with van der Waals surface area (Å²) < 4.78 is 15.0. The summed E-state index contributed by atoms with van der Waals surface area (Å²) >= 11 is 1.20. The van der Waals surface area contributed by atoms with Gasteiger partial charge in [-0.05, 0) is 55.3 Å². The van der Waals surface area contributed by atoms with Gasteiger partial charge < -0.3 is 19.4 Å². The average molecular weight is 467 g/mol. The molecular formula is C25H23FN2O4S. The standard InChI is InChI=1S/C25H23FN2O4S/c1-3-14-27(17(2)15-24(29)30)22-12-13-23(21-7-5-4-6-20(21)22)28(16-25(31)32)33-19-10-8-18(26)9-11-19/h1,4-13,17H,14-16H2,2H3,(H,29,30)(H,31,32)/t17-/m0/s1. The second kappa shape index (κ2) is 10.7. The molecule has 33 heavy (non-hydrogen) atoms. The molecule has 3 aromatic carbocycles. The Morgan fingerprint density at radius 1 is 1.00 bits per heavy atom. The van der Waals surface area contributed by atoms with Crippen LogP contribution in [0.15, 0.2) is 65.6 Å². The third-order valence-electron chi connectivity index (χ3n) is 5.03. The minimum Gasteiger partial charge on any atom is -0.481 e. The van der Waals surface area contributed by atoms with Crippen molar-refractivity contribution in [3.05, 3.63) is 66.5 Å². The van der Waals surface area contributed by atoms with Gasteiger partial charge in [0, 0.05) is 27.4 Å². The lowest BCUT2D eigenvalue weighted by molar-refractivity contribution is -0.137. The van der Waals surface area contributed by atoms with E-state index in [9.17, 15) is 24.2 Å². The third-order valence-corrected chi connectivity index (χ3v) is 6.06. The Morgan fingerprint density at radius 2 is 1.61 bits per heavy atom. The van der Waals surface area contributed by atoms with Gasteiger partial charge in [-0.2, -0.15) is 0 Å². The van der Waals surface area contributed by atoms with Crippen molar-refractivity contribution in [1.29, 1.82) is 0 Å². The number of terminal acetylenes is 1. The molecule has 0 saturated heterocycles. The maximum absolute atomic E-state index is 13.3. The summed E-state index contributed by atoms with van der Waals surface area (Å²) in [5.74, 6) is 0.289. The molecule has 0 aliphatic rings. The number of fused-ring (bicyclic) bond motifs is 1. The van der Waals surface area contributed by atoms with Crippen molar-refractivity contribution in [3.63, 3.8) is 0 Å². The normalized spacial score (nSPS) is 11.5. The summed E-state index contributed by atoms with van der Waals surface area (Å²) in [6.07, 6.45) is 5.49. The third kappa shape index (κ3) is 5.96. The van der Waals surface area contributed by atoms with E-state index in [-0.39, 0.29) is 31.4 Å². The molecule has 0 saturated carbocycles. The van der Waals surface area contributed by atoms with E-state index in [1.165, 1.54) is 24.1 Å². The van der Waals surface area contributed by atoms with Gasteiger partial charge in [-0.25, -0.2) is 4.39 Å². The van der Waals surface area contributed by atoms with Crippen LogP contribution in [-0.2, 0) is 9.59 Å². The molecule has 0 amide bonds. The van der Waals surface area contributed by atoms with E-state index in [4.69, 9.17) is 6.42 Å². The highest BCUT2D eigenvalue weighted by Gasteiger charge is 2.22. The largest absolute Gasteiger partial charge is 0.481 e. The van der Waals surface area contributed by atoms with Crippen molar-refractivity contribution < 1.29 is 24.2 Å². The summed E-state index contributed by atoms with van der Waals surface area (Å²) in [5.41, 5.74) is 1.43. The Labute approximate surface area is 195 Å². The average Bonchev–Trinajstić information content (AvgIpc) is 2.77. The van der Waals surface area contributed by atoms with Crippen molar-refractivity contribution in [3.8, 4) is 12.3 Å². The summed E-state index contributed by atoms with van der Waals surface area (Å²) in [6, 6.07) is 16.6. The number of carbonyl (C=O) groups is 2. The number of nitrogens with zero attached hydrogens (tertiary/aromatic N) is 2. The summed E-state index contributed by atoms with van der Waals surface area (Å²) in [6.45, 7) is 1.74. The number of benzene rings is 3. The van der Waals surface area contributed by atoms with E-state index >= 15 is 0 Å². The fourth-order valence-electron chi connectivity index (χ4n) is 3.59. The fraction of sp³-hybridized carbons (Fsp3) is 0.200. The van der Waals surface area contributed by atoms with Crippen LogP contribution in [0, 0.1) is 18.2 Å². The minimum absolute atomic E-state index is 0.0800. The minimum atomic E-state index is -1.01. The van der Waals surface area contributed by atoms with Crippen LogP contribution < -0.4 is 9.21 Å². The van der Waals surface area contributed by atoms with Gasteiger partial charge in [0.15, 0.2) is 0 Å². The molecule has 6 nitrogen and oxygen atoms in total. The van der Waals surface area contributed by atoms with E-state index in [1.807, 2.05) is 35.2 Å².